The van der Waals surface area contributed by atoms with E-state index in [1.54, 1.807) is 18.2 Å². The monoisotopic (exact) mass is 369 g/mol. The van der Waals surface area contributed by atoms with Crippen LogP contribution in [0.5, 0.6) is 0 Å². The number of aromatic nitrogens is 2. The number of nitrogens with zero attached hydrogens (tertiary/aromatic N) is 4. The molecular formula is C19H23N5O3. The number of carbonyl (C=O) groups excluding carboxylic acids is 1. The molecule has 8 heteroatoms. The molecule has 1 atom stereocenters. The Balaban J connectivity index is 1.36. The zero-order valence-electron chi connectivity index (χ0n) is 15.3. The van der Waals surface area contributed by atoms with Crippen LogP contribution in [0.15, 0.2) is 45.6 Å². The van der Waals surface area contributed by atoms with Crippen molar-refractivity contribution in [3.8, 4) is 0 Å². The average molecular weight is 369 g/mol. The summed E-state index contributed by atoms with van der Waals surface area (Å²) in [6.45, 7) is 3.05. The third-order valence-electron chi connectivity index (χ3n) is 4.98. The van der Waals surface area contributed by atoms with E-state index < -0.39 is 0 Å². The maximum absolute atomic E-state index is 12.6. The van der Waals surface area contributed by atoms with Crippen molar-refractivity contribution < 1.29 is 13.8 Å². The maximum Gasteiger partial charge on any atom is 0.317 e. The van der Waals surface area contributed by atoms with Crippen LogP contribution in [0.4, 0.5) is 4.79 Å². The van der Waals surface area contributed by atoms with E-state index in [0.29, 0.717) is 24.1 Å². The SMILES string of the molecule is CN(Cc1ccc2nonc2c1)C(=O)NCC(c1ccco1)N1CCCC1. The molecular weight excluding hydrogens is 346 g/mol. The van der Waals surface area contributed by atoms with E-state index in [-0.39, 0.29) is 12.1 Å². The third-order valence-corrected chi connectivity index (χ3v) is 4.98. The third kappa shape index (κ3) is 3.95. The van der Waals surface area contributed by atoms with Gasteiger partial charge in [0.25, 0.3) is 0 Å². The predicted molar refractivity (Wildman–Crippen MR) is 98.9 cm³/mol. The lowest BCUT2D eigenvalue weighted by atomic mass is 10.2. The van der Waals surface area contributed by atoms with Gasteiger partial charge in [-0.2, -0.15) is 0 Å². The van der Waals surface area contributed by atoms with Gasteiger partial charge in [-0.3, -0.25) is 4.90 Å². The Hall–Kier alpha value is -2.87. The van der Waals surface area contributed by atoms with Crippen LogP contribution < -0.4 is 5.32 Å². The minimum absolute atomic E-state index is 0.0670. The van der Waals surface area contributed by atoms with Crippen molar-refractivity contribution in [3.05, 3.63) is 47.9 Å². The molecule has 1 unspecified atom stereocenters. The molecule has 27 heavy (non-hydrogen) atoms. The highest BCUT2D eigenvalue weighted by molar-refractivity contribution is 5.75. The van der Waals surface area contributed by atoms with Crippen LogP contribution in [0.1, 0.15) is 30.2 Å². The van der Waals surface area contributed by atoms with Gasteiger partial charge in [0.05, 0.1) is 12.3 Å². The molecule has 0 spiro atoms. The van der Waals surface area contributed by atoms with E-state index in [0.717, 1.165) is 24.4 Å². The van der Waals surface area contributed by atoms with Gasteiger partial charge < -0.3 is 14.6 Å². The summed E-state index contributed by atoms with van der Waals surface area (Å²) < 4.78 is 10.3. The largest absolute Gasteiger partial charge is 0.468 e. The molecule has 0 bridgehead atoms. The van der Waals surface area contributed by atoms with Gasteiger partial charge >= 0.3 is 6.03 Å². The van der Waals surface area contributed by atoms with Crippen molar-refractivity contribution in [1.82, 2.24) is 25.4 Å². The van der Waals surface area contributed by atoms with Crippen LogP contribution in [0, 0.1) is 0 Å². The lowest BCUT2D eigenvalue weighted by Gasteiger charge is -2.27. The van der Waals surface area contributed by atoms with Gasteiger partial charge in [-0.15, -0.1) is 0 Å². The van der Waals surface area contributed by atoms with Crippen LogP contribution in [-0.4, -0.2) is 52.8 Å². The molecule has 3 heterocycles. The molecule has 4 rings (SSSR count). The highest BCUT2D eigenvalue weighted by atomic mass is 16.6. The molecule has 1 aromatic carbocycles. The Bertz CT molecular complexity index is 886. The van der Waals surface area contributed by atoms with Gasteiger partial charge in [0.15, 0.2) is 0 Å². The normalized spacial score (nSPS) is 15.9. The summed E-state index contributed by atoms with van der Waals surface area (Å²) in [6.07, 6.45) is 4.05. The lowest BCUT2D eigenvalue weighted by molar-refractivity contribution is 0.187. The number of benzene rings is 1. The quantitative estimate of drug-likeness (QED) is 0.719. The Labute approximate surface area is 157 Å². The van der Waals surface area contributed by atoms with Crippen molar-refractivity contribution in [2.45, 2.75) is 25.4 Å². The Morgan fingerprint density at radius 3 is 2.85 bits per heavy atom. The van der Waals surface area contributed by atoms with E-state index in [1.165, 1.54) is 12.8 Å². The topological polar surface area (TPSA) is 87.6 Å². The molecule has 0 saturated carbocycles. The van der Waals surface area contributed by atoms with Crippen LogP contribution in [-0.2, 0) is 6.54 Å². The second-order valence-corrected chi connectivity index (χ2v) is 6.90. The summed E-state index contributed by atoms with van der Waals surface area (Å²) in [5.41, 5.74) is 2.36. The minimum atomic E-state index is -0.121. The van der Waals surface area contributed by atoms with E-state index in [4.69, 9.17) is 9.05 Å². The molecule has 3 aromatic rings. The van der Waals surface area contributed by atoms with Crippen molar-refractivity contribution in [3.63, 3.8) is 0 Å². The second kappa shape index (κ2) is 7.79. The highest BCUT2D eigenvalue weighted by Crippen LogP contribution is 2.25. The minimum Gasteiger partial charge on any atom is -0.468 e. The molecule has 1 aliphatic heterocycles. The molecule has 8 nitrogen and oxygen atoms in total. The van der Waals surface area contributed by atoms with Gasteiger partial charge in [-0.25, -0.2) is 9.42 Å². The summed E-state index contributed by atoms with van der Waals surface area (Å²) in [5.74, 6) is 0.892. The van der Waals surface area contributed by atoms with Gasteiger partial charge in [0.2, 0.25) is 0 Å². The molecule has 1 N–H and O–H groups in total. The molecule has 1 saturated heterocycles. The number of urea groups is 1. The Morgan fingerprint density at radius 2 is 2.07 bits per heavy atom. The first kappa shape index (κ1) is 17.5. The number of hydrogen-bond donors (Lipinski definition) is 1. The fourth-order valence-electron chi connectivity index (χ4n) is 3.53. The molecule has 142 valence electrons. The fraction of sp³-hybridized carbons (Fsp3) is 0.421. The number of likely N-dealkylation sites (tertiary alicyclic amines) is 1. The van der Waals surface area contributed by atoms with E-state index >= 15 is 0 Å². The van der Waals surface area contributed by atoms with E-state index in [2.05, 4.69) is 20.5 Å². The first-order valence-electron chi connectivity index (χ1n) is 9.18. The zero-order chi connectivity index (χ0) is 18.6. The molecule has 1 fully saturated rings. The molecule has 1 aliphatic rings. The first-order valence-corrected chi connectivity index (χ1v) is 9.18. The van der Waals surface area contributed by atoms with Crippen molar-refractivity contribution >= 4 is 17.1 Å². The van der Waals surface area contributed by atoms with Crippen LogP contribution in [0.2, 0.25) is 0 Å². The van der Waals surface area contributed by atoms with Crippen LogP contribution >= 0.6 is 0 Å². The molecule has 2 amide bonds. The van der Waals surface area contributed by atoms with Crippen LogP contribution in [0.25, 0.3) is 11.0 Å². The molecule has 0 aliphatic carbocycles. The van der Waals surface area contributed by atoms with Gasteiger partial charge in [-0.05, 0) is 66.1 Å². The van der Waals surface area contributed by atoms with Gasteiger partial charge in [-0.1, -0.05) is 6.07 Å². The van der Waals surface area contributed by atoms with E-state index in [1.807, 2.05) is 30.3 Å². The summed E-state index contributed by atoms with van der Waals surface area (Å²) >= 11 is 0. The Kier molecular flexibility index (Phi) is 5.06. The average Bonchev–Trinajstić information content (AvgIpc) is 3.43. The summed E-state index contributed by atoms with van der Waals surface area (Å²) in [6, 6.07) is 9.45. The maximum atomic E-state index is 12.6. The van der Waals surface area contributed by atoms with Crippen molar-refractivity contribution in [2.24, 2.45) is 0 Å². The number of furan rings is 1. The lowest BCUT2D eigenvalue weighted by Crippen LogP contribution is -2.42. The number of fused-ring (bicyclic) bond motifs is 1. The second-order valence-electron chi connectivity index (χ2n) is 6.90. The fourth-order valence-corrected chi connectivity index (χ4v) is 3.53. The standard InChI is InChI=1S/C19H23N5O3/c1-23(13-14-6-7-15-16(11-14)22-27-21-15)19(25)20-12-17(18-5-4-10-26-18)24-8-2-3-9-24/h4-7,10-11,17H,2-3,8-9,12-13H2,1H3,(H,20,25). The predicted octanol–water partition coefficient (Wildman–Crippen LogP) is 2.79. The summed E-state index contributed by atoms with van der Waals surface area (Å²) in [7, 11) is 1.78. The van der Waals surface area contributed by atoms with Gasteiger partial charge in [0.1, 0.15) is 16.8 Å². The van der Waals surface area contributed by atoms with Gasteiger partial charge in [0, 0.05) is 20.1 Å². The van der Waals surface area contributed by atoms with Crippen LogP contribution in [0.3, 0.4) is 0 Å². The first-order chi connectivity index (χ1) is 13.2. The Morgan fingerprint density at radius 1 is 1.26 bits per heavy atom. The number of amides is 2. The number of hydrogen-bond acceptors (Lipinski definition) is 6. The highest BCUT2D eigenvalue weighted by Gasteiger charge is 2.26. The number of carbonyl (C=O) groups is 1. The molecule has 0 radical (unpaired) electrons. The number of nitrogens with one attached hydrogen (secondary N) is 1. The zero-order valence-corrected chi connectivity index (χ0v) is 15.3. The summed E-state index contributed by atoms with van der Waals surface area (Å²) in [5, 5.41) is 10.7. The smallest absolute Gasteiger partial charge is 0.317 e. The van der Waals surface area contributed by atoms with Crippen molar-refractivity contribution in [2.75, 3.05) is 26.7 Å². The number of rotatable bonds is 6. The summed E-state index contributed by atoms with van der Waals surface area (Å²) in [4.78, 5) is 16.6. The molecule has 2 aromatic heterocycles. The van der Waals surface area contributed by atoms with E-state index in [9.17, 15) is 4.79 Å². The van der Waals surface area contributed by atoms with Crippen molar-refractivity contribution in [1.29, 1.82) is 0 Å².